The van der Waals surface area contributed by atoms with E-state index in [1.807, 2.05) is 31.2 Å². The van der Waals surface area contributed by atoms with Crippen LogP contribution in [-0.4, -0.2) is 45.3 Å². The molecule has 1 aromatic carbocycles. The molecular formula is C14H17NO3S2. The van der Waals surface area contributed by atoms with Gasteiger partial charge in [-0.25, -0.2) is 4.79 Å². The van der Waals surface area contributed by atoms with Gasteiger partial charge in [0.2, 0.25) is 5.91 Å². The number of benzene rings is 1. The van der Waals surface area contributed by atoms with Crippen LogP contribution in [0.3, 0.4) is 0 Å². The molecule has 1 amide bonds. The molecule has 0 aliphatic carbocycles. The smallest absolute Gasteiger partial charge is 0.327 e. The Bertz CT molecular complexity index is 490. The third-order valence-corrected chi connectivity index (χ3v) is 5.12. The Morgan fingerprint density at radius 1 is 1.40 bits per heavy atom. The summed E-state index contributed by atoms with van der Waals surface area (Å²) in [7, 11) is 0. The highest BCUT2D eigenvalue weighted by atomic mass is 32.2. The molecule has 1 aliphatic heterocycles. The van der Waals surface area contributed by atoms with Gasteiger partial charge in [-0.1, -0.05) is 17.7 Å². The van der Waals surface area contributed by atoms with E-state index in [1.54, 1.807) is 11.8 Å². The molecule has 4 nitrogen and oxygen atoms in total. The summed E-state index contributed by atoms with van der Waals surface area (Å²) in [5.41, 5.74) is 1.21. The Balaban J connectivity index is 1.80. The molecule has 1 fully saturated rings. The van der Waals surface area contributed by atoms with Crippen LogP contribution in [0.25, 0.3) is 0 Å². The standard InChI is InChI=1S/C14H17NO3S2/c1-10-2-4-11(5-3-10)20-7-6-13(16)15-9-19-8-12(15)14(17)18/h2-5,12H,6-9H2,1H3,(H,17,18). The summed E-state index contributed by atoms with van der Waals surface area (Å²) in [4.78, 5) is 25.7. The number of amides is 1. The minimum Gasteiger partial charge on any atom is -0.480 e. The van der Waals surface area contributed by atoms with E-state index >= 15 is 0 Å². The van der Waals surface area contributed by atoms with Crippen LogP contribution in [-0.2, 0) is 9.59 Å². The molecule has 6 heteroatoms. The van der Waals surface area contributed by atoms with Gasteiger partial charge < -0.3 is 10.0 Å². The molecular weight excluding hydrogens is 294 g/mol. The number of aliphatic carboxylic acids is 1. The van der Waals surface area contributed by atoms with Crippen LogP contribution in [0.5, 0.6) is 0 Å². The first-order valence-electron chi connectivity index (χ1n) is 6.37. The zero-order valence-corrected chi connectivity index (χ0v) is 12.9. The van der Waals surface area contributed by atoms with Crippen molar-refractivity contribution in [3.8, 4) is 0 Å². The van der Waals surface area contributed by atoms with Crippen LogP contribution in [0.1, 0.15) is 12.0 Å². The Morgan fingerprint density at radius 2 is 2.10 bits per heavy atom. The first-order chi connectivity index (χ1) is 9.58. The summed E-state index contributed by atoms with van der Waals surface area (Å²) < 4.78 is 0. The van der Waals surface area contributed by atoms with E-state index in [1.165, 1.54) is 22.2 Å². The molecule has 1 atom stereocenters. The van der Waals surface area contributed by atoms with E-state index in [0.717, 1.165) is 4.90 Å². The molecule has 1 aliphatic rings. The lowest BCUT2D eigenvalue weighted by atomic mass is 10.2. The molecule has 2 rings (SSSR count). The SMILES string of the molecule is Cc1ccc(SCCC(=O)N2CSCC2C(=O)O)cc1. The maximum Gasteiger partial charge on any atom is 0.327 e. The second-order valence-corrected chi connectivity index (χ2v) is 6.80. The predicted octanol–water partition coefficient (Wildman–Crippen LogP) is 2.46. The van der Waals surface area contributed by atoms with Crippen LogP contribution in [0, 0.1) is 6.92 Å². The van der Waals surface area contributed by atoms with E-state index < -0.39 is 12.0 Å². The van der Waals surface area contributed by atoms with Crippen LogP contribution in [0.15, 0.2) is 29.2 Å². The highest BCUT2D eigenvalue weighted by Crippen LogP contribution is 2.24. The topological polar surface area (TPSA) is 57.6 Å². The summed E-state index contributed by atoms with van der Waals surface area (Å²) in [5, 5.41) is 9.05. The average Bonchev–Trinajstić information content (AvgIpc) is 2.90. The molecule has 1 saturated heterocycles. The number of thioether (sulfide) groups is 2. The molecule has 0 aromatic heterocycles. The molecule has 1 unspecified atom stereocenters. The van der Waals surface area contributed by atoms with Crippen molar-refractivity contribution in [1.29, 1.82) is 0 Å². The van der Waals surface area contributed by atoms with Crippen molar-refractivity contribution in [2.24, 2.45) is 0 Å². The quantitative estimate of drug-likeness (QED) is 0.847. The summed E-state index contributed by atoms with van der Waals surface area (Å²) in [6, 6.07) is 7.51. The van der Waals surface area contributed by atoms with Gasteiger partial charge in [0.25, 0.3) is 0 Å². The lowest BCUT2D eigenvalue weighted by Gasteiger charge is -2.20. The van der Waals surface area contributed by atoms with Crippen molar-refractivity contribution in [3.05, 3.63) is 29.8 Å². The fourth-order valence-electron chi connectivity index (χ4n) is 1.93. The van der Waals surface area contributed by atoms with Crippen molar-refractivity contribution >= 4 is 35.4 Å². The van der Waals surface area contributed by atoms with Crippen molar-refractivity contribution < 1.29 is 14.7 Å². The summed E-state index contributed by atoms with van der Waals surface area (Å²) in [5.74, 6) is 0.684. The van der Waals surface area contributed by atoms with Gasteiger partial charge in [0, 0.05) is 22.8 Å². The lowest BCUT2D eigenvalue weighted by molar-refractivity contribution is -0.147. The number of carbonyl (C=O) groups is 2. The summed E-state index contributed by atoms with van der Waals surface area (Å²) in [6.07, 6.45) is 0.378. The Labute approximate surface area is 126 Å². The number of rotatable bonds is 5. The number of nitrogens with zero attached hydrogens (tertiary/aromatic N) is 1. The van der Waals surface area contributed by atoms with Crippen LogP contribution >= 0.6 is 23.5 Å². The second-order valence-electron chi connectivity index (χ2n) is 4.63. The average molecular weight is 311 g/mol. The molecule has 108 valence electrons. The van der Waals surface area contributed by atoms with Crippen LogP contribution < -0.4 is 0 Å². The molecule has 0 bridgehead atoms. The molecule has 1 N–H and O–H groups in total. The largest absolute Gasteiger partial charge is 0.480 e. The van der Waals surface area contributed by atoms with Gasteiger partial charge in [0.05, 0.1) is 5.88 Å². The van der Waals surface area contributed by atoms with E-state index in [4.69, 9.17) is 5.11 Å². The third-order valence-electron chi connectivity index (χ3n) is 3.09. The minimum absolute atomic E-state index is 0.0676. The Kier molecular flexibility index (Phi) is 5.37. The summed E-state index contributed by atoms with van der Waals surface area (Å²) in [6.45, 7) is 2.04. The van der Waals surface area contributed by atoms with Gasteiger partial charge >= 0.3 is 5.97 Å². The van der Waals surface area contributed by atoms with Crippen molar-refractivity contribution in [2.45, 2.75) is 24.3 Å². The monoisotopic (exact) mass is 311 g/mol. The van der Waals surface area contributed by atoms with Gasteiger partial charge in [0.15, 0.2) is 0 Å². The normalized spacial score (nSPS) is 18.2. The number of carboxylic acids is 1. The third kappa shape index (κ3) is 3.93. The first kappa shape index (κ1) is 15.3. The van der Waals surface area contributed by atoms with Gasteiger partial charge in [-0.15, -0.1) is 23.5 Å². The highest BCUT2D eigenvalue weighted by Gasteiger charge is 2.33. The molecule has 1 aromatic rings. The number of hydrogen-bond acceptors (Lipinski definition) is 4. The van der Waals surface area contributed by atoms with Crippen molar-refractivity contribution in [2.75, 3.05) is 17.4 Å². The van der Waals surface area contributed by atoms with Gasteiger partial charge in [-0.05, 0) is 19.1 Å². The fourth-order valence-corrected chi connectivity index (χ4v) is 3.94. The maximum atomic E-state index is 12.0. The Hall–Kier alpha value is -1.14. The van der Waals surface area contributed by atoms with Gasteiger partial charge in [0.1, 0.15) is 6.04 Å². The van der Waals surface area contributed by atoms with Crippen molar-refractivity contribution in [3.63, 3.8) is 0 Å². The first-order valence-corrected chi connectivity index (χ1v) is 8.51. The van der Waals surface area contributed by atoms with Gasteiger partial charge in [-0.3, -0.25) is 4.79 Å². The van der Waals surface area contributed by atoms with Crippen LogP contribution in [0.2, 0.25) is 0 Å². The van der Waals surface area contributed by atoms with E-state index in [2.05, 4.69) is 0 Å². The predicted molar refractivity (Wildman–Crippen MR) is 82.1 cm³/mol. The Morgan fingerprint density at radius 3 is 2.75 bits per heavy atom. The lowest BCUT2D eigenvalue weighted by Crippen LogP contribution is -2.41. The number of carbonyl (C=O) groups excluding carboxylic acids is 1. The minimum atomic E-state index is -0.908. The number of carboxylic acid groups (broad SMARTS) is 1. The number of hydrogen-bond donors (Lipinski definition) is 1. The van der Waals surface area contributed by atoms with E-state index in [0.29, 0.717) is 23.8 Å². The molecule has 0 saturated carbocycles. The zero-order valence-electron chi connectivity index (χ0n) is 11.2. The van der Waals surface area contributed by atoms with Gasteiger partial charge in [-0.2, -0.15) is 0 Å². The maximum absolute atomic E-state index is 12.0. The molecule has 1 heterocycles. The highest BCUT2D eigenvalue weighted by molar-refractivity contribution is 7.99. The zero-order chi connectivity index (χ0) is 14.5. The van der Waals surface area contributed by atoms with Crippen molar-refractivity contribution in [1.82, 2.24) is 4.90 Å². The molecule has 0 spiro atoms. The second kappa shape index (κ2) is 7.04. The van der Waals surface area contributed by atoms with Crippen LogP contribution in [0.4, 0.5) is 0 Å². The van der Waals surface area contributed by atoms with E-state index in [9.17, 15) is 9.59 Å². The fraction of sp³-hybridized carbons (Fsp3) is 0.429. The number of aryl methyl sites for hydroxylation is 1. The molecule has 0 radical (unpaired) electrons. The van der Waals surface area contributed by atoms with E-state index in [-0.39, 0.29) is 5.91 Å². The molecule has 20 heavy (non-hydrogen) atoms. The summed E-state index contributed by atoms with van der Waals surface area (Å²) >= 11 is 3.12.